The highest BCUT2D eigenvalue weighted by atomic mass is 14.3. The zero-order valence-electron chi connectivity index (χ0n) is 19.4. The van der Waals surface area contributed by atoms with E-state index in [0.29, 0.717) is 0 Å². The number of allylic oxidation sites excluding steroid dienone is 4. The Kier molecular flexibility index (Phi) is 6.52. The van der Waals surface area contributed by atoms with Crippen molar-refractivity contribution in [2.24, 2.45) is 0 Å². The molecule has 0 atom stereocenters. The van der Waals surface area contributed by atoms with Crippen molar-refractivity contribution in [2.75, 3.05) is 0 Å². The Morgan fingerprint density at radius 1 is 0.562 bits per heavy atom. The van der Waals surface area contributed by atoms with E-state index >= 15 is 0 Å². The molecular weight excluding hydrogens is 384 g/mol. The second-order valence-electron chi connectivity index (χ2n) is 8.22. The van der Waals surface area contributed by atoms with Gasteiger partial charge in [-0.1, -0.05) is 109 Å². The van der Waals surface area contributed by atoms with Crippen LogP contribution in [0.4, 0.5) is 0 Å². The highest BCUT2D eigenvalue weighted by Gasteiger charge is 2.23. The Labute approximate surface area is 192 Å². The van der Waals surface area contributed by atoms with E-state index in [-0.39, 0.29) is 0 Å². The molecule has 0 aliphatic carbocycles. The van der Waals surface area contributed by atoms with Crippen LogP contribution in [-0.2, 0) is 0 Å². The van der Waals surface area contributed by atoms with Gasteiger partial charge < -0.3 is 0 Å². The van der Waals surface area contributed by atoms with Crippen molar-refractivity contribution in [3.63, 3.8) is 0 Å². The quantitative estimate of drug-likeness (QED) is 0.285. The van der Waals surface area contributed by atoms with Gasteiger partial charge >= 0.3 is 0 Å². The second-order valence-corrected chi connectivity index (χ2v) is 8.22. The number of benzene rings is 4. The van der Waals surface area contributed by atoms with Crippen LogP contribution >= 0.6 is 0 Å². The Morgan fingerprint density at radius 2 is 0.969 bits per heavy atom. The van der Waals surface area contributed by atoms with Crippen LogP contribution in [-0.4, -0.2) is 0 Å². The second kappa shape index (κ2) is 9.66. The summed E-state index contributed by atoms with van der Waals surface area (Å²) in [6.45, 7) is 8.85. The Bertz CT molecular complexity index is 1260. The first-order valence-electron chi connectivity index (χ1n) is 11.3. The standard InChI is InChI=1S/C32H30/c1-5-6-16-23(2)29-24(3)31(27-19-12-8-13-20-27)32(28-21-14-9-15-22-28)25(4)30(29)26-17-10-7-11-18-26/h5-22H,1-4H3/b6-5-,23-16+. The minimum absolute atomic E-state index is 1.26. The van der Waals surface area contributed by atoms with Gasteiger partial charge in [0.1, 0.15) is 0 Å². The largest absolute Gasteiger partial charge is 0.0877 e. The molecule has 32 heavy (non-hydrogen) atoms. The van der Waals surface area contributed by atoms with Gasteiger partial charge in [-0.2, -0.15) is 0 Å². The summed E-state index contributed by atoms with van der Waals surface area (Å²) in [6.07, 6.45) is 6.45. The molecular formula is C32H30. The van der Waals surface area contributed by atoms with E-state index in [1.807, 2.05) is 0 Å². The summed E-state index contributed by atoms with van der Waals surface area (Å²) in [4.78, 5) is 0. The molecule has 0 aliphatic heterocycles. The maximum atomic E-state index is 2.28. The molecule has 0 spiro atoms. The fourth-order valence-electron chi connectivity index (χ4n) is 4.71. The molecule has 0 fully saturated rings. The van der Waals surface area contributed by atoms with Crippen molar-refractivity contribution < 1.29 is 0 Å². The number of rotatable bonds is 5. The zero-order valence-corrected chi connectivity index (χ0v) is 19.4. The average Bonchev–Trinajstić information content (AvgIpc) is 2.84. The lowest BCUT2D eigenvalue weighted by Gasteiger charge is -2.25. The first-order valence-corrected chi connectivity index (χ1v) is 11.3. The normalized spacial score (nSPS) is 11.8. The number of hydrogen-bond donors (Lipinski definition) is 0. The molecule has 158 valence electrons. The van der Waals surface area contributed by atoms with Gasteiger partial charge in [0.2, 0.25) is 0 Å². The minimum Gasteiger partial charge on any atom is -0.0877 e. The first-order chi connectivity index (χ1) is 15.6. The van der Waals surface area contributed by atoms with Gasteiger partial charge in [-0.05, 0) is 83.3 Å². The van der Waals surface area contributed by atoms with Crippen LogP contribution in [0.2, 0.25) is 0 Å². The molecule has 0 heteroatoms. The van der Waals surface area contributed by atoms with Crippen molar-refractivity contribution in [3.05, 3.63) is 126 Å². The molecule has 0 saturated carbocycles. The summed E-state index contributed by atoms with van der Waals surface area (Å²) in [7, 11) is 0. The fourth-order valence-corrected chi connectivity index (χ4v) is 4.71. The van der Waals surface area contributed by atoms with E-state index in [4.69, 9.17) is 0 Å². The molecule has 0 saturated heterocycles. The Morgan fingerprint density at radius 3 is 1.41 bits per heavy atom. The van der Waals surface area contributed by atoms with E-state index in [2.05, 4.69) is 137 Å². The predicted octanol–water partition coefficient (Wildman–Crippen LogP) is 9.28. The van der Waals surface area contributed by atoms with Crippen molar-refractivity contribution in [1.29, 1.82) is 0 Å². The predicted molar refractivity (Wildman–Crippen MR) is 141 cm³/mol. The molecule has 4 aromatic rings. The van der Waals surface area contributed by atoms with Gasteiger partial charge in [-0.3, -0.25) is 0 Å². The lowest BCUT2D eigenvalue weighted by Crippen LogP contribution is -2.02. The molecule has 0 radical (unpaired) electrons. The Balaban J connectivity index is 2.19. The number of hydrogen-bond acceptors (Lipinski definition) is 0. The third-order valence-electron chi connectivity index (χ3n) is 6.12. The molecule has 0 heterocycles. The smallest absolute Gasteiger partial charge is 0.00668 e. The molecule has 0 nitrogen and oxygen atoms in total. The van der Waals surface area contributed by atoms with E-state index in [1.54, 1.807) is 0 Å². The third-order valence-corrected chi connectivity index (χ3v) is 6.12. The van der Waals surface area contributed by atoms with Crippen LogP contribution in [0, 0.1) is 13.8 Å². The van der Waals surface area contributed by atoms with Crippen LogP contribution < -0.4 is 0 Å². The Hall–Kier alpha value is -3.64. The van der Waals surface area contributed by atoms with Crippen LogP contribution in [0.3, 0.4) is 0 Å². The molecule has 4 rings (SSSR count). The lowest BCUT2D eigenvalue weighted by atomic mass is 9.78. The first kappa shape index (κ1) is 21.6. The maximum absolute atomic E-state index is 2.28. The molecule has 0 aliphatic rings. The fraction of sp³-hybridized carbons (Fsp3) is 0.125. The van der Waals surface area contributed by atoms with Crippen molar-refractivity contribution in [1.82, 2.24) is 0 Å². The summed E-state index contributed by atoms with van der Waals surface area (Å²) >= 11 is 0. The summed E-state index contributed by atoms with van der Waals surface area (Å²) < 4.78 is 0. The van der Waals surface area contributed by atoms with E-state index in [9.17, 15) is 0 Å². The van der Waals surface area contributed by atoms with Crippen LogP contribution in [0.5, 0.6) is 0 Å². The highest BCUT2D eigenvalue weighted by Crippen LogP contribution is 2.46. The van der Waals surface area contributed by atoms with E-state index in [0.717, 1.165) is 0 Å². The maximum Gasteiger partial charge on any atom is -0.00668 e. The molecule has 0 N–H and O–H groups in total. The van der Waals surface area contributed by atoms with Gasteiger partial charge in [0, 0.05) is 0 Å². The van der Waals surface area contributed by atoms with Gasteiger partial charge in [-0.25, -0.2) is 0 Å². The van der Waals surface area contributed by atoms with E-state index in [1.165, 1.54) is 55.6 Å². The summed E-state index contributed by atoms with van der Waals surface area (Å²) in [5, 5.41) is 0. The van der Waals surface area contributed by atoms with Crippen molar-refractivity contribution in [3.8, 4) is 33.4 Å². The van der Waals surface area contributed by atoms with Gasteiger partial charge in [-0.15, -0.1) is 0 Å². The average molecular weight is 415 g/mol. The highest BCUT2D eigenvalue weighted by molar-refractivity contribution is 5.98. The lowest BCUT2D eigenvalue weighted by molar-refractivity contribution is 1.34. The third kappa shape index (κ3) is 4.09. The molecule has 0 bridgehead atoms. The summed E-state index contributed by atoms with van der Waals surface area (Å²) in [5.74, 6) is 0. The zero-order chi connectivity index (χ0) is 22.5. The molecule has 4 aromatic carbocycles. The van der Waals surface area contributed by atoms with Crippen LogP contribution in [0.15, 0.2) is 109 Å². The summed E-state index contributed by atoms with van der Waals surface area (Å²) in [5.41, 5.74) is 13.0. The topological polar surface area (TPSA) is 0 Å². The molecule has 0 unspecified atom stereocenters. The van der Waals surface area contributed by atoms with Crippen molar-refractivity contribution in [2.45, 2.75) is 27.7 Å². The van der Waals surface area contributed by atoms with Gasteiger partial charge in [0.25, 0.3) is 0 Å². The van der Waals surface area contributed by atoms with Crippen molar-refractivity contribution >= 4 is 5.57 Å². The van der Waals surface area contributed by atoms with Crippen LogP contribution in [0.25, 0.3) is 39.0 Å². The SMILES string of the molecule is C/C=C\C=C(/C)c1c(C)c(-c2ccccc2)c(-c2ccccc2)c(C)c1-c1ccccc1. The summed E-state index contributed by atoms with van der Waals surface area (Å²) in [6, 6.07) is 32.4. The van der Waals surface area contributed by atoms with Gasteiger partial charge in [0.05, 0.1) is 0 Å². The monoisotopic (exact) mass is 414 g/mol. The van der Waals surface area contributed by atoms with E-state index < -0.39 is 0 Å². The minimum atomic E-state index is 1.26. The van der Waals surface area contributed by atoms with Gasteiger partial charge in [0.15, 0.2) is 0 Å². The molecule has 0 amide bonds. The van der Waals surface area contributed by atoms with Crippen LogP contribution in [0.1, 0.15) is 30.5 Å². The molecule has 0 aromatic heterocycles.